The monoisotopic (exact) mass is 334 g/mol. The van der Waals surface area contributed by atoms with Crippen LogP contribution in [0.25, 0.3) is 0 Å². The molecule has 0 aromatic heterocycles. The second kappa shape index (κ2) is 7.69. The molecule has 0 heterocycles. The van der Waals surface area contributed by atoms with Crippen molar-refractivity contribution in [1.29, 1.82) is 0 Å². The molecule has 0 aliphatic heterocycles. The van der Waals surface area contributed by atoms with Gasteiger partial charge in [-0.25, -0.2) is 0 Å². The molecule has 0 fully saturated rings. The molecule has 3 aromatic rings. The van der Waals surface area contributed by atoms with Gasteiger partial charge in [0.1, 0.15) is 0 Å². The first kappa shape index (κ1) is 16.8. The Balaban J connectivity index is 1.94. The molecule has 0 saturated carbocycles. The lowest BCUT2D eigenvalue weighted by Crippen LogP contribution is -2.08. The largest absolute Gasteiger partial charge is 0.387 e. The summed E-state index contributed by atoms with van der Waals surface area (Å²) in [5, 5.41) is 11.0. The average Bonchev–Trinajstić information content (AvgIpc) is 2.62. The van der Waals surface area contributed by atoms with E-state index in [1.807, 2.05) is 30.3 Å². The van der Waals surface area contributed by atoms with Crippen molar-refractivity contribution in [2.45, 2.75) is 30.1 Å². The summed E-state index contributed by atoms with van der Waals surface area (Å²) in [6.07, 6.45) is -0.557. The van der Waals surface area contributed by atoms with Crippen LogP contribution in [-0.2, 0) is 0 Å². The fourth-order valence-electron chi connectivity index (χ4n) is 2.66. The van der Waals surface area contributed by atoms with Crippen molar-refractivity contribution in [2.75, 3.05) is 0 Å². The molecule has 2 heteroatoms. The lowest BCUT2D eigenvalue weighted by molar-refractivity contribution is 0.175. The highest BCUT2D eigenvalue weighted by Gasteiger charge is 2.24. The third kappa shape index (κ3) is 4.08. The molecule has 0 saturated heterocycles. The normalized spacial score (nSPS) is 13.5. The first-order valence-electron chi connectivity index (χ1n) is 8.16. The molecule has 122 valence electrons. The zero-order chi connectivity index (χ0) is 16.9. The van der Waals surface area contributed by atoms with Gasteiger partial charge in [0.2, 0.25) is 0 Å². The van der Waals surface area contributed by atoms with Gasteiger partial charge in [0.25, 0.3) is 0 Å². The van der Waals surface area contributed by atoms with Crippen LogP contribution in [0, 0.1) is 13.8 Å². The minimum Gasteiger partial charge on any atom is -0.387 e. The summed E-state index contributed by atoms with van der Waals surface area (Å²) in [6.45, 7) is 4.14. The summed E-state index contributed by atoms with van der Waals surface area (Å²) in [6, 6.07) is 26.9. The minimum atomic E-state index is -0.557. The molecule has 2 atom stereocenters. The third-order valence-electron chi connectivity index (χ3n) is 4.12. The third-order valence-corrected chi connectivity index (χ3v) is 5.45. The summed E-state index contributed by atoms with van der Waals surface area (Å²) >= 11 is 1.70. The second-order valence-electron chi connectivity index (χ2n) is 6.12. The Morgan fingerprint density at radius 1 is 0.667 bits per heavy atom. The van der Waals surface area contributed by atoms with Crippen LogP contribution in [0.2, 0.25) is 0 Å². The second-order valence-corrected chi connectivity index (χ2v) is 7.33. The Hall–Kier alpha value is -2.03. The number of thioether (sulfide) groups is 1. The summed E-state index contributed by atoms with van der Waals surface area (Å²) < 4.78 is 0. The van der Waals surface area contributed by atoms with Gasteiger partial charge >= 0.3 is 0 Å². The van der Waals surface area contributed by atoms with Gasteiger partial charge in [-0.2, -0.15) is 0 Å². The van der Waals surface area contributed by atoms with Crippen molar-refractivity contribution in [2.24, 2.45) is 0 Å². The Morgan fingerprint density at radius 3 is 1.71 bits per heavy atom. The SMILES string of the molecule is Cc1ccc([C@H](O)[C@@H](Sc2ccccc2)c2ccc(C)cc2)cc1. The van der Waals surface area contributed by atoms with Gasteiger partial charge in [-0.3, -0.25) is 0 Å². The molecule has 0 bridgehead atoms. The van der Waals surface area contributed by atoms with Crippen LogP contribution in [0.1, 0.15) is 33.6 Å². The summed E-state index contributed by atoms with van der Waals surface area (Å²) in [7, 11) is 0. The number of aryl methyl sites for hydroxylation is 2. The van der Waals surface area contributed by atoms with E-state index in [2.05, 4.69) is 62.4 Å². The number of rotatable bonds is 5. The number of hydrogen-bond acceptors (Lipinski definition) is 2. The zero-order valence-corrected chi connectivity index (χ0v) is 14.8. The van der Waals surface area contributed by atoms with E-state index in [1.54, 1.807) is 11.8 Å². The summed E-state index contributed by atoms with van der Waals surface area (Å²) in [4.78, 5) is 1.16. The molecule has 1 N–H and O–H groups in total. The lowest BCUT2D eigenvalue weighted by Gasteiger charge is -2.24. The summed E-state index contributed by atoms with van der Waals surface area (Å²) in [5.74, 6) is 0. The zero-order valence-electron chi connectivity index (χ0n) is 14.0. The van der Waals surface area contributed by atoms with E-state index in [0.29, 0.717) is 0 Å². The number of aliphatic hydroxyl groups is 1. The Morgan fingerprint density at radius 2 is 1.17 bits per heavy atom. The fourth-order valence-corrected chi connectivity index (χ4v) is 3.84. The van der Waals surface area contributed by atoms with Crippen molar-refractivity contribution >= 4 is 11.8 Å². The molecule has 0 aliphatic carbocycles. The van der Waals surface area contributed by atoms with Crippen molar-refractivity contribution in [3.05, 3.63) is 101 Å². The van der Waals surface area contributed by atoms with Crippen molar-refractivity contribution < 1.29 is 5.11 Å². The number of hydrogen-bond donors (Lipinski definition) is 1. The molecule has 3 aromatic carbocycles. The summed E-state index contributed by atoms with van der Waals surface area (Å²) in [5.41, 5.74) is 4.53. The maximum absolute atomic E-state index is 11.0. The Labute approximate surface area is 148 Å². The topological polar surface area (TPSA) is 20.2 Å². The molecule has 3 rings (SSSR count). The number of benzene rings is 3. The molecule has 0 aliphatic rings. The van der Waals surface area contributed by atoms with Crippen molar-refractivity contribution in [3.63, 3.8) is 0 Å². The molecular formula is C22H22OS. The van der Waals surface area contributed by atoms with Gasteiger partial charge in [0.05, 0.1) is 11.4 Å². The van der Waals surface area contributed by atoms with Crippen LogP contribution in [0.4, 0.5) is 0 Å². The molecule has 0 radical (unpaired) electrons. The minimum absolute atomic E-state index is 0.0456. The van der Waals surface area contributed by atoms with Gasteiger partial charge < -0.3 is 5.11 Å². The fraction of sp³-hybridized carbons (Fsp3) is 0.182. The van der Waals surface area contributed by atoms with E-state index in [9.17, 15) is 5.11 Å². The van der Waals surface area contributed by atoms with E-state index in [1.165, 1.54) is 11.1 Å². The van der Waals surface area contributed by atoms with Gasteiger partial charge in [-0.1, -0.05) is 77.9 Å². The molecular weight excluding hydrogens is 312 g/mol. The van der Waals surface area contributed by atoms with Crippen LogP contribution in [-0.4, -0.2) is 5.11 Å². The lowest BCUT2D eigenvalue weighted by atomic mass is 9.99. The smallest absolute Gasteiger partial charge is 0.0952 e. The maximum Gasteiger partial charge on any atom is 0.0952 e. The molecule has 1 nitrogen and oxygen atoms in total. The van der Waals surface area contributed by atoms with Crippen LogP contribution in [0.5, 0.6) is 0 Å². The average molecular weight is 334 g/mol. The predicted molar refractivity (Wildman–Crippen MR) is 102 cm³/mol. The van der Waals surface area contributed by atoms with E-state index in [-0.39, 0.29) is 5.25 Å². The Kier molecular flexibility index (Phi) is 5.39. The van der Waals surface area contributed by atoms with E-state index in [0.717, 1.165) is 16.0 Å². The van der Waals surface area contributed by atoms with Crippen LogP contribution in [0.3, 0.4) is 0 Å². The standard InChI is InChI=1S/C22H22OS/c1-16-8-12-18(13-9-16)21(23)22(19-14-10-17(2)11-15-19)24-20-6-4-3-5-7-20/h3-15,21-23H,1-2H3/t21-,22-/m0/s1. The quantitative estimate of drug-likeness (QED) is 0.589. The van der Waals surface area contributed by atoms with Crippen LogP contribution in [0.15, 0.2) is 83.8 Å². The van der Waals surface area contributed by atoms with Crippen molar-refractivity contribution in [3.8, 4) is 0 Å². The van der Waals surface area contributed by atoms with Gasteiger partial charge in [0, 0.05) is 4.90 Å². The van der Waals surface area contributed by atoms with Gasteiger partial charge in [-0.15, -0.1) is 11.8 Å². The van der Waals surface area contributed by atoms with Gasteiger partial charge in [0.15, 0.2) is 0 Å². The predicted octanol–water partition coefficient (Wildman–Crippen LogP) is 5.87. The van der Waals surface area contributed by atoms with Crippen LogP contribution < -0.4 is 0 Å². The molecule has 0 amide bonds. The van der Waals surface area contributed by atoms with E-state index >= 15 is 0 Å². The van der Waals surface area contributed by atoms with Crippen molar-refractivity contribution in [1.82, 2.24) is 0 Å². The Bertz CT molecular complexity index is 763. The first-order chi connectivity index (χ1) is 11.6. The molecule has 0 spiro atoms. The highest BCUT2D eigenvalue weighted by Crippen LogP contribution is 2.43. The molecule has 0 unspecified atom stereocenters. The maximum atomic E-state index is 11.0. The highest BCUT2D eigenvalue weighted by molar-refractivity contribution is 7.99. The van der Waals surface area contributed by atoms with E-state index < -0.39 is 6.10 Å². The first-order valence-corrected chi connectivity index (χ1v) is 9.04. The number of aliphatic hydroxyl groups excluding tert-OH is 1. The van der Waals surface area contributed by atoms with Crippen LogP contribution >= 0.6 is 11.8 Å². The van der Waals surface area contributed by atoms with Gasteiger partial charge in [-0.05, 0) is 37.1 Å². The molecule has 24 heavy (non-hydrogen) atoms. The van der Waals surface area contributed by atoms with E-state index in [4.69, 9.17) is 0 Å². The highest BCUT2D eigenvalue weighted by atomic mass is 32.2.